The fraction of sp³-hybridized carbons (Fsp3) is 0.400. The normalized spacial score (nSPS) is 18.1. The van der Waals surface area contributed by atoms with Crippen molar-refractivity contribution < 1.29 is 5.11 Å². The Morgan fingerprint density at radius 1 is 0.818 bits per heavy atom. The van der Waals surface area contributed by atoms with Gasteiger partial charge in [0.05, 0.1) is 0 Å². The van der Waals surface area contributed by atoms with Gasteiger partial charge in [0, 0.05) is 6.04 Å². The average Bonchev–Trinajstić information content (AvgIpc) is 2.62. The van der Waals surface area contributed by atoms with E-state index in [4.69, 9.17) is 0 Å². The van der Waals surface area contributed by atoms with Crippen molar-refractivity contribution in [3.05, 3.63) is 71.8 Å². The van der Waals surface area contributed by atoms with Gasteiger partial charge >= 0.3 is 0 Å². The first-order chi connectivity index (χ1) is 10.7. The number of hydrogen-bond acceptors (Lipinski definition) is 2. The van der Waals surface area contributed by atoms with E-state index in [1.54, 1.807) is 0 Å². The molecule has 116 valence electrons. The van der Waals surface area contributed by atoms with Gasteiger partial charge in [0.1, 0.15) is 5.60 Å². The molecule has 1 heterocycles. The molecule has 1 saturated heterocycles. The van der Waals surface area contributed by atoms with E-state index in [0.717, 1.165) is 24.2 Å². The molecule has 0 unspecified atom stereocenters. The summed E-state index contributed by atoms with van der Waals surface area (Å²) in [6.07, 6.45) is 3.76. The van der Waals surface area contributed by atoms with E-state index in [0.29, 0.717) is 0 Å². The summed E-state index contributed by atoms with van der Waals surface area (Å²) in [6, 6.07) is 20.2. The average molecular weight is 295 g/mol. The molecule has 0 amide bonds. The number of rotatable bonds is 4. The van der Waals surface area contributed by atoms with Crippen LogP contribution in [0.5, 0.6) is 0 Å². The van der Waals surface area contributed by atoms with Gasteiger partial charge in [-0.3, -0.25) is 4.90 Å². The maximum Gasteiger partial charge on any atom is 0.130 e. The Morgan fingerprint density at radius 3 is 1.73 bits per heavy atom. The van der Waals surface area contributed by atoms with Gasteiger partial charge in [0.2, 0.25) is 0 Å². The van der Waals surface area contributed by atoms with Crippen molar-refractivity contribution in [3.8, 4) is 0 Å². The van der Waals surface area contributed by atoms with E-state index in [-0.39, 0.29) is 6.04 Å². The van der Waals surface area contributed by atoms with Crippen molar-refractivity contribution in [2.24, 2.45) is 0 Å². The highest BCUT2D eigenvalue weighted by molar-refractivity contribution is 5.38. The molecule has 0 aromatic heterocycles. The number of aliphatic hydroxyl groups is 1. The monoisotopic (exact) mass is 295 g/mol. The summed E-state index contributed by atoms with van der Waals surface area (Å²) in [7, 11) is 0. The first kappa shape index (κ1) is 15.3. The van der Waals surface area contributed by atoms with Crippen molar-refractivity contribution in [1.82, 2.24) is 4.90 Å². The summed E-state index contributed by atoms with van der Waals surface area (Å²) in [5.74, 6) is 0. The minimum atomic E-state index is -0.972. The number of piperidine rings is 1. The zero-order valence-corrected chi connectivity index (χ0v) is 13.3. The van der Waals surface area contributed by atoms with E-state index in [1.165, 1.54) is 19.3 Å². The minimum Gasteiger partial charge on any atom is -0.379 e. The summed E-state index contributed by atoms with van der Waals surface area (Å²) in [5.41, 5.74) is 0.971. The van der Waals surface area contributed by atoms with Crippen LogP contribution in [0.2, 0.25) is 0 Å². The lowest BCUT2D eigenvalue weighted by atomic mass is 9.79. The lowest BCUT2D eigenvalue weighted by Gasteiger charge is -2.43. The third-order valence-electron chi connectivity index (χ3n) is 4.97. The predicted octanol–water partition coefficient (Wildman–Crippen LogP) is 3.80. The first-order valence-corrected chi connectivity index (χ1v) is 8.30. The maximum atomic E-state index is 11.7. The lowest BCUT2D eigenvalue weighted by Crippen LogP contribution is -2.51. The van der Waals surface area contributed by atoms with Crippen LogP contribution < -0.4 is 0 Å². The molecule has 1 aliphatic heterocycles. The molecule has 1 atom stereocenters. The molecular weight excluding hydrogens is 270 g/mol. The van der Waals surface area contributed by atoms with Gasteiger partial charge in [0.15, 0.2) is 0 Å². The summed E-state index contributed by atoms with van der Waals surface area (Å²) in [4.78, 5) is 2.43. The molecule has 3 rings (SSSR count). The Bertz CT molecular complexity index is 536. The third kappa shape index (κ3) is 2.81. The van der Waals surface area contributed by atoms with E-state index < -0.39 is 5.60 Å². The second kappa shape index (κ2) is 6.64. The molecule has 2 heteroatoms. The van der Waals surface area contributed by atoms with Crippen molar-refractivity contribution >= 4 is 0 Å². The second-order valence-electron chi connectivity index (χ2n) is 6.27. The van der Waals surface area contributed by atoms with Crippen molar-refractivity contribution in [1.29, 1.82) is 0 Å². The molecule has 1 aliphatic rings. The van der Waals surface area contributed by atoms with Gasteiger partial charge in [0.25, 0.3) is 0 Å². The van der Waals surface area contributed by atoms with Gasteiger partial charge in [-0.2, -0.15) is 0 Å². The fourth-order valence-corrected chi connectivity index (χ4v) is 3.60. The number of likely N-dealkylation sites (tertiary alicyclic amines) is 1. The highest BCUT2D eigenvalue weighted by Gasteiger charge is 2.40. The molecular formula is C20H25NO. The predicted molar refractivity (Wildman–Crippen MR) is 90.8 cm³/mol. The van der Waals surface area contributed by atoms with E-state index in [2.05, 4.69) is 11.8 Å². The zero-order chi connectivity index (χ0) is 15.4. The van der Waals surface area contributed by atoms with Gasteiger partial charge in [-0.1, -0.05) is 67.1 Å². The van der Waals surface area contributed by atoms with Crippen molar-refractivity contribution in [3.63, 3.8) is 0 Å². The Kier molecular flexibility index (Phi) is 4.60. The van der Waals surface area contributed by atoms with Crippen LogP contribution >= 0.6 is 0 Å². The maximum absolute atomic E-state index is 11.7. The summed E-state index contributed by atoms with van der Waals surface area (Å²) in [5, 5.41) is 11.7. The van der Waals surface area contributed by atoms with Crippen molar-refractivity contribution in [2.45, 2.75) is 37.8 Å². The topological polar surface area (TPSA) is 23.5 Å². The van der Waals surface area contributed by atoms with Crippen LogP contribution in [0.1, 0.15) is 37.3 Å². The molecule has 2 aromatic rings. The molecule has 0 saturated carbocycles. The molecule has 1 fully saturated rings. The Morgan fingerprint density at radius 2 is 1.27 bits per heavy atom. The summed E-state index contributed by atoms with van der Waals surface area (Å²) < 4.78 is 0. The Labute approximate surface area is 133 Å². The largest absolute Gasteiger partial charge is 0.379 e. The zero-order valence-electron chi connectivity index (χ0n) is 13.3. The van der Waals surface area contributed by atoms with Crippen LogP contribution in [-0.4, -0.2) is 29.1 Å². The standard InChI is InChI=1S/C20H25NO/c1-17(21-15-9-4-10-16-21)20(22,18-11-5-2-6-12-18)19-13-7-3-8-14-19/h2-3,5-8,11-14,17,22H,4,9-10,15-16H2,1H3/t17-/m1/s1. The third-order valence-corrected chi connectivity index (χ3v) is 4.97. The van der Waals surface area contributed by atoms with Crippen LogP contribution in [0, 0.1) is 0 Å². The molecule has 22 heavy (non-hydrogen) atoms. The molecule has 0 aliphatic carbocycles. The minimum absolute atomic E-state index is 0.0533. The van der Waals surface area contributed by atoms with E-state index in [1.807, 2.05) is 60.7 Å². The first-order valence-electron chi connectivity index (χ1n) is 8.30. The summed E-state index contributed by atoms with van der Waals surface area (Å²) >= 11 is 0. The smallest absolute Gasteiger partial charge is 0.130 e. The highest BCUT2D eigenvalue weighted by atomic mass is 16.3. The summed E-state index contributed by atoms with van der Waals surface area (Å²) in [6.45, 7) is 4.30. The fourth-order valence-electron chi connectivity index (χ4n) is 3.60. The van der Waals surface area contributed by atoms with E-state index >= 15 is 0 Å². The van der Waals surface area contributed by atoms with Crippen LogP contribution in [0.3, 0.4) is 0 Å². The highest BCUT2D eigenvalue weighted by Crippen LogP contribution is 2.36. The van der Waals surface area contributed by atoms with Crippen LogP contribution in [-0.2, 0) is 5.60 Å². The second-order valence-corrected chi connectivity index (χ2v) is 6.27. The van der Waals surface area contributed by atoms with E-state index in [9.17, 15) is 5.11 Å². The van der Waals surface area contributed by atoms with Gasteiger partial charge in [-0.15, -0.1) is 0 Å². The number of nitrogens with zero attached hydrogens (tertiary/aromatic N) is 1. The molecule has 0 bridgehead atoms. The van der Waals surface area contributed by atoms with Crippen LogP contribution in [0.25, 0.3) is 0 Å². The number of benzene rings is 2. The van der Waals surface area contributed by atoms with Crippen molar-refractivity contribution in [2.75, 3.05) is 13.1 Å². The van der Waals surface area contributed by atoms with Gasteiger partial charge in [-0.25, -0.2) is 0 Å². The molecule has 2 aromatic carbocycles. The molecule has 0 radical (unpaired) electrons. The number of hydrogen-bond donors (Lipinski definition) is 1. The van der Waals surface area contributed by atoms with Gasteiger partial charge in [-0.05, 0) is 44.0 Å². The SMILES string of the molecule is C[C@@H](N1CCCCC1)C(O)(c1ccccc1)c1ccccc1. The van der Waals surface area contributed by atoms with Crippen LogP contribution in [0.15, 0.2) is 60.7 Å². The Balaban J connectivity index is 2.03. The Hall–Kier alpha value is -1.64. The lowest BCUT2D eigenvalue weighted by molar-refractivity contribution is -0.0195. The van der Waals surface area contributed by atoms with Gasteiger partial charge < -0.3 is 5.11 Å². The molecule has 1 N–H and O–H groups in total. The molecule has 0 spiro atoms. The molecule has 2 nitrogen and oxygen atoms in total. The van der Waals surface area contributed by atoms with Crippen LogP contribution in [0.4, 0.5) is 0 Å². The quantitative estimate of drug-likeness (QED) is 0.927.